The largest absolute Gasteiger partial charge is 0.433 e. The molecule has 1 saturated heterocycles. The Kier molecular flexibility index (Phi) is 4.06. The summed E-state index contributed by atoms with van der Waals surface area (Å²) in [7, 11) is 0. The number of hydrogen-bond donors (Lipinski definition) is 1. The fraction of sp³-hybridized carbons (Fsp3) is 0.294. The highest BCUT2D eigenvalue weighted by molar-refractivity contribution is 5.75. The molecule has 1 atom stereocenters. The lowest BCUT2D eigenvalue weighted by Gasteiger charge is -2.18. The zero-order valence-electron chi connectivity index (χ0n) is 13.6. The molecule has 0 amide bonds. The molecule has 1 N–H and O–H groups in total. The Morgan fingerprint density at radius 2 is 1.85 bits per heavy atom. The molecule has 9 heteroatoms. The van der Waals surface area contributed by atoms with Gasteiger partial charge in [-0.1, -0.05) is 12.1 Å². The first-order chi connectivity index (χ1) is 12.5. The number of nitrogens with zero attached hydrogens (tertiary/aromatic N) is 5. The number of hydrogen-bond acceptors (Lipinski definition) is 6. The first-order valence-corrected chi connectivity index (χ1v) is 8.12. The molecule has 4 rings (SSSR count). The highest BCUT2D eigenvalue weighted by atomic mass is 19.4. The molecule has 6 nitrogen and oxygen atoms in total. The van der Waals surface area contributed by atoms with E-state index in [9.17, 15) is 13.2 Å². The Hall–Kier alpha value is -2.97. The van der Waals surface area contributed by atoms with Crippen molar-refractivity contribution in [2.24, 2.45) is 0 Å². The predicted octanol–water partition coefficient (Wildman–Crippen LogP) is 3.13. The topological polar surface area (TPSA) is 66.8 Å². The molecule has 0 aliphatic carbocycles. The summed E-state index contributed by atoms with van der Waals surface area (Å²) in [5.41, 5.74) is 0.676. The highest BCUT2D eigenvalue weighted by Gasteiger charge is 2.33. The number of aromatic nitrogens is 4. The number of para-hydroxylation sites is 2. The van der Waals surface area contributed by atoms with Crippen molar-refractivity contribution in [3.8, 4) is 0 Å². The van der Waals surface area contributed by atoms with Gasteiger partial charge in [-0.25, -0.2) is 15.0 Å². The van der Waals surface area contributed by atoms with E-state index in [4.69, 9.17) is 0 Å². The van der Waals surface area contributed by atoms with E-state index in [-0.39, 0.29) is 12.0 Å². The minimum atomic E-state index is -4.48. The molecule has 1 fully saturated rings. The Morgan fingerprint density at radius 3 is 2.65 bits per heavy atom. The van der Waals surface area contributed by atoms with E-state index < -0.39 is 11.9 Å². The third kappa shape index (κ3) is 3.37. The van der Waals surface area contributed by atoms with Crippen LogP contribution in [0.4, 0.5) is 24.9 Å². The van der Waals surface area contributed by atoms with E-state index in [0.29, 0.717) is 6.54 Å². The first-order valence-electron chi connectivity index (χ1n) is 8.12. The summed E-state index contributed by atoms with van der Waals surface area (Å²) >= 11 is 0. The number of rotatable bonds is 3. The average molecular weight is 360 g/mol. The molecule has 1 unspecified atom stereocenters. The zero-order valence-corrected chi connectivity index (χ0v) is 13.6. The Labute approximate surface area is 147 Å². The molecular weight excluding hydrogens is 345 g/mol. The van der Waals surface area contributed by atoms with Gasteiger partial charge in [0.1, 0.15) is 11.5 Å². The number of fused-ring (bicyclic) bond motifs is 1. The fourth-order valence-corrected chi connectivity index (χ4v) is 2.95. The number of halogens is 3. The van der Waals surface area contributed by atoms with Crippen molar-refractivity contribution in [2.75, 3.05) is 23.3 Å². The van der Waals surface area contributed by atoms with Crippen LogP contribution in [0.3, 0.4) is 0 Å². The molecule has 1 aromatic carbocycles. The number of alkyl halides is 3. The quantitative estimate of drug-likeness (QED) is 0.774. The molecule has 3 heterocycles. The molecule has 3 aromatic rings. The lowest BCUT2D eigenvalue weighted by Crippen LogP contribution is -2.27. The maximum absolute atomic E-state index is 12.8. The molecule has 1 aliphatic heterocycles. The van der Waals surface area contributed by atoms with Gasteiger partial charge in [0.2, 0.25) is 5.95 Å². The summed E-state index contributed by atoms with van der Waals surface area (Å²) in [6, 6.07) is 8.39. The van der Waals surface area contributed by atoms with Crippen molar-refractivity contribution in [3.05, 3.63) is 48.4 Å². The molecule has 0 saturated carbocycles. The smallest absolute Gasteiger partial charge is 0.353 e. The van der Waals surface area contributed by atoms with Gasteiger partial charge in [0.25, 0.3) is 0 Å². The summed E-state index contributed by atoms with van der Waals surface area (Å²) < 4.78 is 38.3. The van der Waals surface area contributed by atoms with Crippen LogP contribution in [0.25, 0.3) is 11.0 Å². The molecule has 2 aromatic heterocycles. The van der Waals surface area contributed by atoms with Gasteiger partial charge in [-0.3, -0.25) is 4.98 Å². The number of nitrogens with one attached hydrogen (secondary N) is 1. The van der Waals surface area contributed by atoms with Crippen molar-refractivity contribution in [3.63, 3.8) is 0 Å². The SMILES string of the molecule is FC(F)(F)c1ccnc(NC2CCN(c3cnc4ccccc4n3)C2)n1. The maximum atomic E-state index is 12.8. The van der Waals surface area contributed by atoms with Gasteiger partial charge in [-0.15, -0.1) is 0 Å². The molecule has 0 bridgehead atoms. The molecule has 26 heavy (non-hydrogen) atoms. The molecule has 0 spiro atoms. The summed E-state index contributed by atoms with van der Waals surface area (Å²) in [4.78, 5) is 18.5. The van der Waals surface area contributed by atoms with Crippen LogP contribution in [0.1, 0.15) is 12.1 Å². The second-order valence-corrected chi connectivity index (χ2v) is 6.06. The van der Waals surface area contributed by atoms with Gasteiger partial charge in [0.15, 0.2) is 0 Å². The monoisotopic (exact) mass is 360 g/mol. The molecule has 1 aliphatic rings. The molecule has 0 radical (unpaired) electrons. The third-order valence-electron chi connectivity index (χ3n) is 4.23. The standard InChI is InChI=1S/C17H15F3N6/c18-17(19,20)14-5-7-21-16(25-14)23-11-6-8-26(10-11)15-9-22-12-3-1-2-4-13(12)24-15/h1-5,7,9,11H,6,8,10H2,(H,21,23,25). The van der Waals surface area contributed by atoms with E-state index in [1.807, 2.05) is 29.2 Å². The van der Waals surface area contributed by atoms with Gasteiger partial charge < -0.3 is 10.2 Å². The zero-order chi connectivity index (χ0) is 18.1. The van der Waals surface area contributed by atoms with Crippen LogP contribution in [0.15, 0.2) is 42.7 Å². The molecule has 134 valence electrons. The van der Waals surface area contributed by atoms with Gasteiger partial charge in [-0.2, -0.15) is 13.2 Å². The van der Waals surface area contributed by atoms with Crippen LogP contribution in [-0.4, -0.2) is 39.1 Å². The van der Waals surface area contributed by atoms with Crippen molar-refractivity contribution in [1.82, 2.24) is 19.9 Å². The number of anilines is 2. The Balaban J connectivity index is 1.46. The van der Waals surface area contributed by atoms with E-state index in [2.05, 4.69) is 25.3 Å². The minimum absolute atomic E-state index is 0.0173. The molecular formula is C17H15F3N6. The number of benzene rings is 1. The van der Waals surface area contributed by atoms with Crippen LogP contribution in [-0.2, 0) is 6.18 Å². The summed E-state index contributed by atoms with van der Waals surface area (Å²) in [5.74, 6) is 0.731. The van der Waals surface area contributed by atoms with Crippen LogP contribution < -0.4 is 10.2 Å². The van der Waals surface area contributed by atoms with Crippen LogP contribution >= 0.6 is 0 Å². The first kappa shape index (κ1) is 16.5. The fourth-order valence-electron chi connectivity index (χ4n) is 2.95. The van der Waals surface area contributed by atoms with Gasteiger partial charge in [0.05, 0.1) is 17.2 Å². The van der Waals surface area contributed by atoms with E-state index >= 15 is 0 Å². The van der Waals surface area contributed by atoms with Crippen LogP contribution in [0, 0.1) is 0 Å². The lowest BCUT2D eigenvalue weighted by atomic mass is 10.3. The Bertz CT molecular complexity index is 930. The minimum Gasteiger partial charge on any atom is -0.353 e. The normalized spacial score (nSPS) is 17.7. The van der Waals surface area contributed by atoms with Gasteiger partial charge in [0, 0.05) is 25.3 Å². The predicted molar refractivity (Wildman–Crippen MR) is 90.8 cm³/mol. The van der Waals surface area contributed by atoms with Crippen LogP contribution in [0.5, 0.6) is 0 Å². The van der Waals surface area contributed by atoms with Gasteiger partial charge >= 0.3 is 6.18 Å². The van der Waals surface area contributed by atoms with E-state index in [1.54, 1.807) is 6.20 Å². The summed E-state index contributed by atoms with van der Waals surface area (Å²) in [6.45, 7) is 1.32. The Morgan fingerprint density at radius 1 is 1.04 bits per heavy atom. The maximum Gasteiger partial charge on any atom is 0.433 e. The second-order valence-electron chi connectivity index (χ2n) is 6.06. The van der Waals surface area contributed by atoms with Crippen molar-refractivity contribution >= 4 is 22.8 Å². The van der Waals surface area contributed by atoms with Gasteiger partial charge in [-0.05, 0) is 24.6 Å². The summed E-state index contributed by atoms with van der Waals surface area (Å²) in [5, 5.41) is 2.98. The van der Waals surface area contributed by atoms with Crippen LogP contribution in [0.2, 0.25) is 0 Å². The van der Waals surface area contributed by atoms with Crippen molar-refractivity contribution < 1.29 is 13.2 Å². The van der Waals surface area contributed by atoms with Crippen molar-refractivity contribution in [1.29, 1.82) is 0 Å². The second kappa shape index (κ2) is 6.40. The average Bonchev–Trinajstić information content (AvgIpc) is 3.09. The third-order valence-corrected chi connectivity index (χ3v) is 4.23. The highest BCUT2D eigenvalue weighted by Crippen LogP contribution is 2.28. The summed E-state index contributed by atoms with van der Waals surface area (Å²) in [6.07, 6.45) is -0.916. The van der Waals surface area contributed by atoms with E-state index in [0.717, 1.165) is 42.1 Å². The van der Waals surface area contributed by atoms with E-state index in [1.165, 1.54) is 0 Å². The van der Waals surface area contributed by atoms with Crippen molar-refractivity contribution in [2.45, 2.75) is 18.6 Å². The lowest BCUT2D eigenvalue weighted by molar-refractivity contribution is -0.141.